The van der Waals surface area contributed by atoms with Gasteiger partial charge in [0.25, 0.3) is 11.5 Å². The zero-order valence-corrected chi connectivity index (χ0v) is 16.8. The maximum Gasteiger partial charge on any atom is 0.274 e. The summed E-state index contributed by atoms with van der Waals surface area (Å²) >= 11 is 1.60. The van der Waals surface area contributed by atoms with Crippen LogP contribution < -0.4 is 10.3 Å². The van der Waals surface area contributed by atoms with E-state index in [1.165, 1.54) is 16.8 Å². The number of ether oxygens (including phenoxy) is 1. The van der Waals surface area contributed by atoms with Crippen molar-refractivity contribution in [2.75, 3.05) is 7.11 Å². The lowest BCUT2D eigenvalue weighted by Crippen LogP contribution is -2.33. The Kier molecular flexibility index (Phi) is 6.60. The largest absolute Gasteiger partial charge is 0.496 e. The molecule has 0 N–H and O–H groups in total. The van der Waals surface area contributed by atoms with Gasteiger partial charge in [-0.25, -0.2) is 4.68 Å². The number of para-hydroxylation sites is 1. The molecule has 0 aliphatic carbocycles. The molecule has 0 aliphatic rings. The zero-order chi connectivity index (χ0) is 19.9. The zero-order valence-electron chi connectivity index (χ0n) is 16.0. The van der Waals surface area contributed by atoms with Crippen molar-refractivity contribution >= 4 is 17.2 Å². The van der Waals surface area contributed by atoms with Gasteiger partial charge < -0.3 is 9.64 Å². The summed E-state index contributed by atoms with van der Waals surface area (Å²) in [6.45, 7) is 3.29. The first-order valence-electron chi connectivity index (χ1n) is 9.14. The third-order valence-electron chi connectivity index (χ3n) is 4.29. The van der Waals surface area contributed by atoms with Crippen molar-refractivity contribution in [1.29, 1.82) is 0 Å². The van der Waals surface area contributed by atoms with Gasteiger partial charge in [0.15, 0.2) is 0 Å². The molecule has 0 spiro atoms. The van der Waals surface area contributed by atoms with Crippen LogP contribution in [0.3, 0.4) is 0 Å². The molecule has 0 radical (unpaired) electrons. The van der Waals surface area contributed by atoms with Crippen LogP contribution in [-0.2, 0) is 19.6 Å². The van der Waals surface area contributed by atoms with E-state index >= 15 is 0 Å². The van der Waals surface area contributed by atoms with Gasteiger partial charge in [-0.1, -0.05) is 31.2 Å². The van der Waals surface area contributed by atoms with Gasteiger partial charge in [-0.05, 0) is 30.0 Å². The van der Waals surface area contributed by atoms with Crippen LogP contribution in [0.4, 0.5) is 0 Å². The van der Waals surface area contributed by atoms with E-state index in [0.29, 0.717) is 19.6 Å². The minimum atomic E-state index is -0.218. The normalized spacial score (nSPS) is 10.6. The Morgan fingerprint density at radius 2 is 1.96 bits per heavy atom. The maximum absolute atomic E-state index is 13.3. The Hall–Kier alpha value is -2.93. The number of aromatic nitrogens is 2. The highest BCUT2D eigenvalue weighted by Gasteiger charge is 2.20. The quantitative estimate of drug-likeness (QED) is 0.583. The number of carbonyl (C=O) groups is 1. The molecule has 0 aliphatic heterocycles. The Bertz CT molecular complexity index is 983. The van der Waals surface area contributed by atoms with Gasteiger partial charge in [-0.3, -0.25) is 9.59 Å². The SMILES string of the molecule is CCCn1nc(C(=O)N(Cc2cccs2)Cc2ccccc2OC)ccc1=O. The summed E-state index contributed by atoms with van der Waals surface area (Å²) in [4.78, 5) is 28.0. The van der Waals surface area contributed by atoms with Gasteiger partial charge in [-0.15, -0.1) is 11.3 Å². The van der Waals surface area contributed by atoms with Crippen molar-refractivity contribution in [3.8, 4) is 5.75 Å². The second kappa shape index (κ2) is 9.32. The smallest absolute Gasteiger partial charge is 0.274 e. The van der Waals surface area contributed by atoms with Crippen molar-refractivity contribution < 1.29 is 9.53 Å². The lowest BCUT2D eigenvalue weighted by Gasteiger charge is -2.23. The van der Waals surface area contributed by atoms with Crippen molar-refractivity contribution in [3.63, 3.8) is 0 Å². The first kappa shape index (κ1) is 19.8. The fourth-order valence-corrected chi connectivity index (χ4v) is 3.65. The van der Waals surface area contributed by atoms with Crippen LogP contribution >= 0.6 is 11.3 Å². The maximum atomic E-state index is 13.3. The van der Waals surface area contributed by atoms with Crippen LogP contribution in [0, 0.1) is 0 Å². The van der Waals surface area contributed by atoms with E-state index in [-0.39, 0.29) is 17.2 Å². The van der Waals surface area contributed by atoms with Crippen LogP contribution in [0.15, 0.2) is 58.7 Å². The lowest BCUT2D eigenvalue weighted by molar-refractivity contribution is 0.0721. The van der Waals surface area contributed by atoms with Crippen LogP contribution in [0.25, 0.3) is 0 Å². The van der Waals surface area contributed by atoms with E-state index in [0.717, 1.165) is 22.6 Å². The lowest BCUT2D eigenvalue weighted by atomic mass is 10.1. The van der Waals surface area contributed by atoms with E-state index in [9.17, 15) is 9.59 Å². The Morgan fingerprint density at radius 1 is 1.14 bits per heavy atom. The monoisotopic (exact) mass is 397 g/mol. The molecule has 0 fully saturated rings. The minimum Gasteiger partial charge on any atom is -0.496 e. The summed E-state index contributed by atoms with van der Waals surface area (Å²) in [7, 11) is 1.62. The molecule has 0 atom stereocenters. The van der Waals surface area contributed by atoms with Crippen molar-refractivity contribution in [2.45, 2.75) is 33.0 Å². The molecular formula is C21H23N3O3S. The van der Waals surface area contributed by atoms with Crippen molar-refractivity contribution in [3.05, 3.63) is 80.4 Å². The number of hydrogen-bond acceptors (Lipinski definition) is 5. The molecule has 28 heavy (non-hydrogen) atoms. The Labute approximate surface area is 168 Å². The molecule has 3 rings (SSSR count). The minimum absolute atomic E-state index is 0.201. The molecule has 146 valence electrons. The van der Waals surface area contributed by atoms with Gasteiger partial charge in [0, 0.05) is 23.1 Å². The molecular weight excluding hydrogens is 374 g/mol. The molecule has 0 saturated heterocycles. The number of nitrogens with zero attached hydrogens (tertiary/aromatic N) is 3. The predicted molar refractivity (Wildman–Crippen MR) is 110 cm³/mol. The Balaban J connectivity index is 1.93. The number of aryl methyl sites for hydroxylation is 1. The highest BCUT2D eigenvalue weighted by Crippen LogP contribution is 2.22. The molecule has 6 nitrogen and oxygen atoms in total. The van der Waals surface area contributed by atoms with E-state index in [1.807, 2.05) is 48.7 Å². The van der Waals surface area contributed by atoms with Crippen LogP contribution in [0.2, 0.25) is 0 Å². The number of benzene rings is 1. The average Bonchev–Trinajstić information content (AvgIpc) is 3.22. The molecule has 1 aromatic carbocycles. The molecule has 0 unspecified atom stereocenters. The highest BCUT2D eigenvalue weighted by molar-refractivity contribution is 7.09. The topological polar surface area (TPSA) is 64.4 Å². The van der Waals surface area contributed by atoms with Crippen LogP contribution in [0.1, 0.15) is 34.3 Å². The Morgan fingerprint density at radius 3 is 2.68 bits per heavy atom. The number of carbonyl (C=O) groups excluding carboxylic acids is 1. The van der Waals surface area contributed by atoms with Crippen LogP contribution in [0.5, 0.6) is 5.75 Å². The molecule has 2 heterocycles. The molecule has 0 saturated carbocycles. The average molecular weight is 398 g/mol. The summed E-state index contributed by atoms with van der Waals surface area (Å²) in [6.07, 6.45) is 0.769. The summed E-state index contributed by atoms with van der Waals surface area (Å²) < 4.78 is 6.78. The van der Waals surface area contributed by atoms with E-state index < -0.39 is 0 Å². The molecule has 3 aromatic rings. The summed E-state index contributed by atoms with van der Waals surface area (Å²) in [5.74, 6) is 0.513. The van der Waals surface area contributed by atoms with Gasteiger partial charge in [0.1, 0.15) is 11.4 Å². The van der Waals surface area contributed by atoms with Gasteiger partial charge in [0.2, 0.25) is 0 Å². The van der Waals surface area contributed by atoms with Crippen molar-refractivity contribution in [2.24, 2.45) is 0 Å². The summed E-state index contributed by atoms with van der Waals surface area (Å²) in [5.41, 5.74) is 0.976. The number of hydrogen-bond donors (Lipinski definition) is 0. The second-order valence-electron chi connectivity index (χ2n) is 6.33. The van der Waals surface area contributed by atoms with E-state index in [1.54, 1.807) is 23.3 Å². The fraction of sp³-hybridized carbons (Fsp3) is 0.286. The van der Waals surface area contributed by atoms with E-state index in [2.05, 4.69) is 5.10 Å². The van der Waals surface area contributed by atoms with Crippen LogP contribution in [-0.4, -0.2) is 27.7 Å². The molecule has 2 aromatic heterocycles. The van der Waals surface area contributed by atoms with Gasteiger partial charge >= 0.3 is 0 Å². The highest BCUT2D eigenvalue weighted by atomic mass is 32.1. The third-order valence-corrected chi connectivity index (χ3v) is 5.15. The first-order chi connectivity index (χ1) is 13.6. The molecule has 0 bridgehead atoms. The number of amides is 1. The summed E-state index contributed by atoms with van der Waals surface area (Å²) in [6, 6.07) is 14.5. The van der Waals surface area contributed by atoms with Crippen molar-refractivity contribution in [1.82, 2.24) is 14.7 Å². The number of methoxy groups -OCH3 is 1. The second-order valence-corrected chi connectivity index (χ2v) is 7.36. The predicted octanol–water partition coefficient (Wildman–Crippen LogP) is 3.57. The van der Waals surface area contributed by atoms with Gasteiger partial charge in [0.05, 0.1) is 20.2 Å². The standard InChI is InChI=1S/C21H23N3O3S/c1-3-12-24-20(25)11-10-18(22-24)21(26)23(15-17-8-6-13-28-17)14-16-7-4-5-9-19(16)27-2/h4-11,13H,3,12,14-15H2,1-2H3. The number of thiophene rings is 1. The fourth-order valence-electron chi connectivity index (χ4n) is 2.93. The molecule has 1 amide bonds. The summed E-state index contributed by atoms with van der Waals surface area (Å²) in [5, 5.41) is 6.27. The third kappa shape index (κ3) is 4.67. The van der Waals surface area contributed by atoms with E-state index in [4.69, 9.17) is 4.74 Å². The first-order valence-corrected chi connectivity index (χ1v) is 10.0. The van der Waals surface area contributed by atoms with Gasteiger partial charge in [-0.2, -0.15) is 5.10 Å². The number of rotatable bonds is 8. The molecule has 7 heteroatoms.